The van der Waals surface area contributed by atoms with Gasteiger partial charge >= 0.3 is 0 Å². The fraction of sp³-hybridized carbons (Fsp3) is 0.667. The van der Waals surface area contributed by atoms with Gasteiger partial charge in [0.15, 0.2) is 0 Å². The van der Waals surface area contributed by atoms with E-state index in [2.05, 4.69) is 0 Å². The van der Waals surface area contributed by atoms with Gasteiger partial charge in [-0.05, 0) is 12.3 Å². The molecule has 1 radical (unpaired) electrons. The monoisotopic (exact) mass is 141 g/mol. The summed E-state index contributed by atoms with van der Waals surface area (Å²) >= 11 is 0. The van der Waals surface area contributed by atoms with Crippen molar-refractivity contribution in [1.82, 2.24) is 0 Å². The van der Waals surface area contributed by atoms with Crippen molar-refractivity contribution in [2.24, 2.45) is 17.4 Å². The van der Waals surface area contributed by atoms with E-state index >= 15 is 0 Å². The van der Waals surface area contributed by atoms with Gasteiger partial charge in [-0.25, -0.2) is 0 Å². The third-order valence-corrected chi connectivity index (χ3v) is 1.79. The van der Waals surface area contributed by atoms with E-state index in [0.717, 1.165) is 0 Å². The Morgan fingerprint density at radius 1 is 1.80 bits per heavy atom. The van der Waals surface area contributed by atoms with Crippen LogP contribution in [0.25, 0.3) is 0 Å². The topological polar surface area (TPSA) is 86.2 Å². The van der Waals surface area contributed by atoms with Gasteiger partial charge < -0.3 is 11.5 Å². The number of amides is 1. The molecule has 1 amide bonds. The average molecular weight is 141 g/mol. The molecule has 0 aromatic rings. The van der Waals surface area contributed by atoms with Crippen molar-refractivity contribution in [2.45, 2.75) is 18.4 Å². The fourth-order valence-corrected chi connectivity index (χ4v) is 0.971. The predicted octanol–water partition coefficient (Wildman–Crippen LogP) is -1.31. The normalized spacial score (nSPS) is 37.1. The van der Waals surface area contributed by atoms with Crippen LogP contribution >= 0.6 is 0 Å². The Morgan fingerprint density at radius 2 is 2.40 bits per heavy atom. The number of carbonyl (C=O) groups excluding carboxylic acids is 2. The van der Waals surface area contributed by atoms with E-state index in [4.69, 9.17) is 11.5 Å². The molecule has 10 heavy (non-hydrogen) atoms. The van der Waals surface area contributed by atoms with Crippen molar-refractivity contribution in [3.63, 3.8) is 0 Å². The van der Waals surface area contributed by atoms with Crippen LogP contribution < -0.4 is 11.5 Å². The molecule has 4 heteroatoms. The van der Waals surface area contributed by atoms with Gasteiger partial charge in [-0.3, -0.25) is 9.59 Å². The lowest BCUT2D eigenvalue weighted by molar-refractivity contribution is -0.118. The molecule has 0 aliphatic heterocycles. The largest absolute Gasteiger partial charge is 0.370 e. The Kier molecular flexibility index (Phi) is 1.48. The Balaban J connectivity index is 2.38. The van der Waals surface area contributed by atoms with Crippen LogP contribution in [0.2, 0.25) is 0 Å². The fourth-order valence-electron chi connectivity index (χ4n) is 0.971. The molecule has 1 fully saturated rings. The maximum atomic E-state index is 10.3. The van der Waals surface area contributed by atoms with Crippen LogP contribution in [-0.4, -0.2) is 17.7 Å². The Bertz CT molecular complexity index is 181. The van der Waals surface area contributed by atoms with Crippen molar-refractivity contribution in [1.29, 1.82) is 0 Å². The third-order valence-electron chi connectivity index (χ3n) is 1.79. The molecule has 55 valence electrons. The second-order valence-corrected chi connectivity index (χ2v) is 2.71. The molecule has 0 saturated heterocycles. The lowest BCUT2D eigenvalue weighted by Gasteiger charge is -1.96. The van der Waals surface area contributed by atoms with Gasteiger partial charge in [0.2, 0.25) is 12.2 Å². The molecule has 4 N–H and O–H groups in total. The van der Waals surface area contributed by atoms with E-state index in [-0.39, 0.29) is 12.3 Å². The van der Waals surface area contributed by atoms with Gasteiger partial charge in [0.1, 0.15) is 0 Å². The standard InChI is InChI=1S/C6H9N2O2/c7-5(10)1-4-2-6(4,8)3-9/h4H,1-2,8H2,(H2,7,10)/t4-,6+/m1/s1. The Hall–Kier alpha value is -0.900. The van der Waals surface area contributed by atoms with Crippen LogP contribution in [0.5, 0.6) is 0 Å². The van der Waals surface area contributed by atoms with Crippen LogP contribution in [0.15, 0.2) is 0 Å². The van der Waals surface area contributed by atoms with Crippen molar-refractivity contribution in [2.75, 3.05) is 0 Å². The minimum atomic E-state index is -0.866. The molecule has 0 unspecified atom stereocenters. The first kappa shape index (κ1) is 7.21. The molecular weight excluding hydrogens is 132 g/mol. The maximum Gasteiger partial charge on any atom is 0.220 e. The predicted molar refractivity (Wildman–Crippen MR) is 34.5 cm³/mol. The summed E-state index contributed by atoms with van der Waals surface area (Å²) in [6, 6.07) is 0. The van der Waals surface area contributed by atoms with E-state index in [0.29, 0.717) is 6.42 Å². The summed E-state index contributed by atoms with van der Waals surface area (Å²) < 4.78 is 0. The number of hydrogen-bond donors (Lipinski definition) is 2. The lowest BCUT2D eigenvalue weighted by atomic mass is 10.2. The molecule has 1 aliphatic carbocycles. The summed E-state index contributed by atoms with van der Waals surface area (Å²) in [5.74, 6) is -0.477. The maximum absolute atomic E-state index is 10.3. The van der Waals surface area contributed by atoms with Gasteiger partial charge in [0.05, 0.1) is 5.54 Å². The quantitative estimate of drug-likeness (QED) is 0.511. The van der Waals surface area contributed by atoms with Gasteiger partial charge in [0.25, 0.3) is 0 Å². The molecule has 0 aromatic heterocycles. The molecular formula is C6H9N2O2. The summed E-state index contributed by atoms with van der Waals surface area (Å²) in [4.78, 5) is 20.4. The molecule has 2 atom stereocenters. The zero-order valence-corrected chi connectivity index (χ0v) is 5.46. The van der Waals surface area contributed by atoms with Crippen molar-refractivity contribution < 1.29 is 9.59 Å². The second-order valence-electron chi connectivity index (χ2n) is 2.71. The molecule has 0 bridgehead atoms. The summed E-state index contributed by atoms with van der Waals surface area (Å²) in [5.41, 5.74) is 9.43. The van der Waals surface area contributed by atoms with Gasteiger partial charge in [-0.2, -0.15) is 0 Å². The first-order valence-electron chi connectivity index (χ1n) is 3.05. The van der Waals surface area contributed by atoms with Gasteiger partial charge in [-0.15, -0.1) is 0 Å². The summed E-state index contributed by atoms with van der Waals surface area (Å²) in [5, 5.41) is 0. The smallest absolute Gasteiger partial charge is 0.220 e. The lowest BCUT2D eigenvalue weighted by Crippen LogP contribution is -2.28. The van der Waals surface area contributed by atoms with Gasteiger partial charge in [-0.1, -0.05) is 0 Å². The average Bonchev–Trinajstić information content (AvgIpc) is 2.43. The number of hydrogen-bond acceptors (Lipinski definition) is 3. The first-order chi connectivity index (χ1) is 4.58. The SMILES string of the molecule is NC(=O)C[C@@H]1C[C@]1(N)[C]=O. The summed E-state index contributed by atoms with van der Waals surface area (Å²) in [7, 11) is 0. The van der Waals surface area contributed by atoms with Crippen molar-refractivity contribution in [3.05, 3.63) is 0 Å². The van der Waals surface area contributed by atoms with Crippen molar-refractivity contribution in [3.8, 4) is 0 Å². The van der Waals surface area contributed by atoms with E-state index in [9.17, 15) is 9.59 Å². The van der Waals surface area contributed by atoms with Crippen LogP contribution in [-0.2, 0) is 9.59 Å². The molecule has 4 nitrogen and oxygen atoms in total. The highest BCUT2D eigenvalue weighted by molar-refractivity contribution is 5.78. The van der Waals surface area contributed by atoms with Crippen LogP contribution in [0, 0.1) is 5.92 Å². The van der Waals surface area contributed by atoms with Crippen molar-refractivity contribution >= 4 is 12.2 Å². The van der Waals surface area contributed by atoms with E-state index < -0.39 is 11.4 Å². The third kappa shape index (κ3) is 1.16. The minimum absolute atomic E-state index is 0.0671. The molecule has 1 saturated carbocycles. The van der Waals surface area contributed by atoms with E-state index in [1.54, 1.807) is 6.29 Å². The number of nitrogens with two attached hydrogens (primary N) is 2. The summed E-state index contributed by atoms with van der Waals surface area (Å²) in [6.07, 6.45) is 2.43. The minimum Gasteiger partial charge on any atom is -0.370 e. The highest BCUT2D eigenvalue weighted by Gasteiger charge is 2.52. The molecule has 1 aliphatic rings. The molecule has 0 spiro atoms. The first-order valence-corrected chi connectivity index (χ1v) is 3.05. The van der Waals surface area contributed by atoms with Crippen LogP contribution in [0.4, 0.5) is 0 Å². The zero-order chi connectivity index (χ0) is 7.78. The van der Waals surface area contributed by atoms with E-state index in [1.165, 1.54) is 0 Å². The number of primary amides is 1. The van der Waals surface area contributed by atoms with Crippen LogP contribution in [0.3, 0.4) is 0 Å². The summed E-state index contributed by atoms with van der Waals surface area (Å²) in [6.45, 7) is 0. The highest BCUT2D eigenvalue weighted by atomic mass is 16.1. The molecule has 0 aromatic carbocycles. The van der Waals surface area contributed by atoms with Crippen LogP contribution in [0.1, 0.15) is 12.8 Å². The molecule has 0 heterocycles. The highest BCUT2D eigenvalue weighted by Crippen LogP contribution is 2.41. The number of carbonyl (C=O) groups is 1. The Morgan fingerprint density at radius 3 is 2.70 bits per heavy atom. The Labute approximate surface area is 58.6 Å². The van der Waals surface area contributed by atoms with Gasteiger partial charge in [0, 0.05) is 6.42 Å². The zero-order valence-electron chi connectivity index (χ0n) is 5.46. The number of rotatable bonds is 3. The second kappa shape index (κ2) is 2.05. The molecule has 1 rings (SSSR count). The van der Waals surface area contributed by atoms with E-state index in [1.807, 2.05) is 0 Å².